The third-order valence-corrected chi connectivity index (χ3v) is 5.11. The number of sulfonamides is 1. The van der Waals surface area contributed by atoms with E-state index in [4.69, 9.17) is 10.5 Å². The molecule has 0 saturated carbocycles. The Morgan fingerprint density at radius 1 is 1.50 bits per heavy atom. The number of hydrogen-bond donors (Lipinski definition) is 2. The van der Waals surface area contributed by atoms with Crippen molar-refractivity contribution in [2.24, 2.45) is 5.73 Å². The van der Waals surface area contributed by atoms with Gasteiger partial charge in [0.25, 0.3) is 0 Å². The van der Waals surface area contributed by atoms with Gasteiger partial charge >= 0.3 is 0 Å². The van der Waals surface area contributed by atoms with Gasteiger partial charge < -0.3 is 10.5 Å². The van der Waals surface area contributed by atoms with Gasteiger partial charge in [-0.3, -0.25) is 0 Å². The van der Waals surface area contributed by atoms with E-state index in [-0.39, 0.29) is 17.0 Å². The normalized spacial score (nSPS) is 23.8. The number of ether oxygens (including phenoxy) is 1. The van der Waals surface area contributed by atoms with Gasteiger partial charge in [-0.15, -0.1) is 0 Å². The van der Waals surface area contributed by atoms with Crippen molar-refractivity contribution in [1.82, 2.24) is 4.72 Å². The summed E-state index contributed by atoms with van der Waals surface area (Å²) in [4.78, 5) is -0.105. The predicted octanol–water partition coefficient (Wildman–Crippen LogP) is 1.13. The third-order valence-electron chi connectivity index (χ3n) is 3.39. The van der Waals surface area contributed by atoms with Crippen molar-refractivity contribution in [2.45, 2.75) is 36.7 Å². The maximum atomic E-state index is 13.7. The molecule has 1 atom stereocenters. The fourth-order valence-corrected chi connectivity index (χ4v) is 4.07. The standard InChI is InChI=1S/C13H19FN2O3S/c1-13(6-3-7-19-9-13)16-20(17,18)12-5-2-4-11(14)10(12)8-15/h2,4-5,16H,3,6-9,15H2,1H3. The lowest BCUT2D eigenvalue weighted by Crippen LogP contribution is -2.51. The van der Waals surface area contributed by atoms with E-state index in [0.29, 0.717) is 19.6 Å². The van der Waals surface area contributed by atoms with E-state index >= 15 is 0 Å². The number of nitrogens with one attached hydrogen (secondary N) is 1. The van der Waals surface area contributed by atoms with Crippen LogP contribution in [0.1, 0.15) is 25.3 Å². The molecule has 1 saturated heterocycles. The SMILES string of the molecule is CC1(NS(=O)(=O)c2cccc(F)c2CN)CCCOC1. The molecule has 1 heterocycles. The Hall–Kier alpha value is -1.02. The van der Waals surface area contributed by atoms with E-state index in [1.807, 2.05) is 0 Å². The molecular formula is C13H19FN2O3S. The topological polar surface area (TPSA) is 81.4 Å². The first kappa shape index (κ1) is 15.4. The Kier molecular flexibility index (Phi) is 4.43. The van der Waals surface area contributed by atoms with E-state index in [2.05, 4.69) is 4.72 Å². The molecule has 0 aromatic heterocycles. The van der Waals surface area contributed by atoms with Crippen LogP contribution in [0.15, 0.2) is 23.1 Å². The highest BCUT2D eigenvalue weighted by Gasteiger charge is 2.34. The molecule has 1 aromatic rings. The van der Waals surface area contributed by atoms with Crippen LogP contribution in [-0.4, -0.2) is 27.2 Å². The van der Waals surface area contributed by atoms with Crippen LogP contribution in [0.4, 0.5) is 4.39 Å². The summed E-state index contributed by atoms with van der Waals surface area (Å²) in [6.07, 6.45) is 1.46. The van der Waals surface area contributed by atoms with Crippen molar-refractivity contribution in [3.63, 3.8) is 0 Å². The van der Waals surface area contributed by atoms with Crippen molar-refractivity contribution >= 4 is 10.0 Å². The monoisotopic (exact) mass is 302 g/mol. The molecule has 1 aliphatic rings. The highest BCUT2D eigenvalue weighted by molar-refractivity contribution is 7.89. The molecular weight excluding hydrogens is 283 g/mol. The highest BCUT2D eigenvalue weighted by Crippen LogP contribution is 2.24. The number of rotatable bonds is 4. The van der Waals surface area contributed by atoms with Crippen LogP contribution in [0.3, 0.4) is 0 Å². The zero-order chi connectivity index (χ0) is 14.8. The second-order valence-corrected chi connectivity index (χ2v) is 6.89. The molecule has 0 aliphatic carbocycles. The average molecular weight is 302 g/mol. The summed E-state index contributed by atoms with van der Waals surface area (Å²) in [6, 6.07) is 3.93. The predicted molar refractivity (Wildman–Crippen MR) is 73.1 cm³/mol. The first-order valence-electron chi connectivity index (χ1n) is 6.47. The summed E-state index contributed by atoms with van der Waals surface area (Å²) in [7, 11) is -3.83. The lowest BCUT2D eigenvalue weighted by molar-refractivity contribution is 0.0386. The van der Waals surface area contributed by atoms with Crippen molar-refractivity contribution in [3.8, 4) is 0 Å². The first-order valence-corrected chi connectivity index (χ1v) is 7.95. The van der Waals surface area contributed by atoms with Crippen LogP contribution in [0.25, 0.3) is 0 Å². The van der Waals surface area contributed by atoms with Crippen LogP contribution >= 0.6 is 0 Å². The number of hydrogen-bond acceptors (Lipinski definition) is 4. The smallest absolute Gasteiger partial charge is 0.241 e. The zero-order valence-corrected chi connectivity index (χ0v) is 12.2. The number of benzene rings is 1. The maximum absolute atomic E-state index is 13.7. The van der Waals surface area contributed by atoms with Gasteiger partial charge in [-0.1, -0.05) is 6.07 Å². The largest absolute Gasteiger partial charge is 0.380 e. The van der Waals surface area contributed by atoms with E-state index in [1.165, 1.54) is 18.2 Å². The molecule has 1 aromatic carbocycles. The Labute approximate surface area is 118 Å². The molecule has 0 amide bonds. The van der Waals surface area contributed by atoms with Crippen LogP contribution in [0.2, 0.25) is 0 Å². The molecule has 7 heteroatoms. The van der Waals surface area contributed by atoms with Gasteiger partial charge in [0.15, 0.2) is 0 Å². The molecule has 112 valence electrons. The van der Waals surface area contributed by atoms with Gasteiger partial charge in [0.1, 0.15) is 5.82 Å². The van der Waals surface area contributed by atoms with Crippen LogP contribution in [0, 0.1) is 5.82 Å². The molecule has 5 nitrogen and oxygen atoms in total. The fourth-order valence-electron chi connectivity index (χ4n) is 2.38. The molecule has 0 spiro atoms. The van der Waals surface area contributed by atoms with Gasteiger partial charge in [-0.2, -0.15) is 0 Å². The fraction of sp³-hybridized carbons (Fsp3) is 0.538. The Morgan fingerprint density at radius 3 is 2.85 bits per heavy atom. The highest BCUT2D eigenvalue weighted by atomic mass is 32.2. The number of halogens is 1. The van der Waals surface area contributed by atoms with Crippen LogP contribution in [0.5, 0.6) is 0 Å². The summed E-state index contributed by atoms with van der Waals surface area (Å²) >= 11 is 0. The molecule has 0 radical (unpaired) electrons. The molecule has 1 fully saturated rings. The Balaban J connectivity index is 2.33. The lowest BCUT2D eigenvalue weighted by atomic mass is 9.97. The van der Waals surface area contributed by atoms with Gasteiger partial charge in [0.05, 0.1) is 17.0 Å². The lowest BCUT2D eigenvalue weighted by Gasteiger charge is -2.34. The second kappa shape index (κ2) is 5.77. The summed E-state index contributed by atoms with van der Waals surface area (Å²) in [5.74, 6) is -0.611. The maximum Gasteiger partial charge on any atom is 0.241 e. The summed E-state index contributed by atoms with van der Waals surface area (Å²) in [5, 5.41) is 0. The first-order chi connectivity index (χ1) is 9.38. The van der Waals surface area contributed by atoms with Crippen molar-refractivity contribution in [2.75, 3.05) is 13.2 Å². The zero-order valence-electron chi connectivity index (χ0n) is 11.4. The number of nitrogens with two attached hydrogens (primary N) is 1. The molecule has 1 unspecified atom stereocenters. The van der Waals surface area contributed by atoms with Gasteiger partial charge in [-0.25, -0.2) is 17.5 Å². The minimum absolute atomic E-state index is 0.000304. The summed E-state index contributed by atoms with van der Waals surface area (Å²) in [6.45, 7) is 2.55. The van der Waals surface area contributed by atoms with Crippen LogP contribution < -0.4 is 10.5 Å². The third kappa shape index (κ3) is 3.17. The van der Waals surface area contributed by atoms with Gasteiger partial charge in [-0.05, 0) is 31.9 Å². The summed E-state index contributed by atoms with van der Waals surface area (Å²) < 4.78 is 46.5. The van der Waals surface area contributed by atoms with Crippen molar-refractivity contribution < 1.29 is 17.5 Å². The summed E-state index contributed by atoms with van der Waals surface area (Å²) in [5.41, 5.74) is 4.79. The Bertz CT molecular complexity index is 583. The molecule has 2 rings (SSSR count). The average Bonchev–Trinajstić information content (AvgIpc) is 2.38. The quantitative estimate of drug-likeness (QED) is 0.873. The van der Waals surface area contributed by atoms with E-state index in [0.717, 1.165) is 6.42 Å². The van der Waals surface area contributed by atoms with E-state index in [9.17, 15) is 12.8 Å². The second-order valence-electron chi connectivity index (χ2n) is 5.24. The van der Waals surface area contributed by atoms with Crippen LogP contribution in [-0.2, 0) is 21.3 Å². The minimum atomic E-state index is -3.83. The minimum Gasteiger partial charge on any atom is -0.380 e. The van der Waals surface area contributed by atoms with E-state index in [1.54, 1.807) is 6.92 Å². The van der Waals surface area contributed by atoms with Crippen molar-refractivity contribution in [1.29, 1.82) is 0 Å². The Morgan fingerprint density at radius 2 is 2.25 bits per heavy atom. The van der Waals surface area contributed by atoms with Gasteiger partial charge in [0.2, 0.25) is 10.0 Å². The van der Waals surface area contributed by atoms with E-state index < -0.39 is 21.4 Å². The van der Waals surface area contributed by atoms with Crippen molar-refractivity contribution in [3.05, 3.63) is 29.6 Å². The molecule has 1 aliphatic heterocycles. The molecule has 3 N–H and O–H groups in total. The van der Waals surface area contributed by atoms with Gasteiger partial charge in [0, 0.05) is 18.7 Å². The molecule has 0 bridgehead atoms. The molecule has 20 heavy (non-hydrogen) atoms.